The van der Waals surface area contributed by atoms with Crippen LogP contribution in [0.15, 0.2) is 11.9 Å². The van der Waals surface area contributed by atoms with Crippen LogP contribution < -0.4 is 11.5 Å². The quantitative estimate of drug-likeness (QED) is 0.286. The fourth-order valence-electron chi connectivity index (χ4n) is 0. The van der Waals surface area contributed by atoms with E-state index in [1.54, 1.807) is 13.0 Å². The zero-order valence-electron chi connectivity index (χ0n) is 12.7. The van der Waals surface area contributed by atoms with Gasteiger partial charge in [-0.1, -0.05) is 0 Å². The molecule has 23 heavy (non-hydrogen) atoms. The van der Waals surface area contributed by atoms with Crippen molar-refractivity contribution in [3.63, 3.8) is 0 Å². The number of carboxylic acids is 4. The molecule has 0 aliphatic rings. The first-order chi connectivity index (χ1) is 9.20. The van der Waals surface area contributed by atoms with E-state index in [0.717, 1.165) is 27.7 Å². The average Bonchev–Trinajstić information content (AvgIpc) is 2.13. The van der Waals surface area contributed by atoms with E-state index in [0.29, 0.717) is 5.82 Å². The topological polar surface area (TPSA) is 201 Å². The molecule has 0 atom stereocenters. The molecule has 0 fully saturated rings. The third-order valence-electron chi connectivity index (χ3n) is 0.333. The maximum absolute atomic E-state index is 9.00. The van der Waals surface area contributed by atoms with Gasteiger partial charge in [0.2, 0.25) is 0 Å². The summed E-state index contributed by atoms with van der Waals surface area (Å²) in [7, 11) is 0. The molecule has 8 N–H and O–H groups in total. The summed E-state index contributed by atoms with van der Waals surface area (Å²) in [4.78, 5) is 36.0. The molecule has 0 aromatic rings. The Bertz CT molecular complexity index is 268. The number of carboxylic acid groups (broad SMARTS) is 4. The van der Waals surface area contributed by atoms with E-state index in [9.17, 15) is 0 Å². The molecule has 0 spiro atoms. The molecule has 130 valence electrons. The number of aliphatic carboxylic acids is 4. The zero-order chi connectivity index (χ0) is 18.6. The molecule has 0 amide bonds. The van der Waals surface area contributed by atoms with Crippen molar-refractivity contribution >= 4 is 83.0 Å². The molecular weight excluding hydrogens is 334 g/mol. The van der Waals surface area contributed by atoms with Crippen molar-refractivity contribution in [2.24, 2.45) is 11.5 Å². The molecule has 10 nitrogen and oxygen atoms in total. The second kappa shape index (κ2) is 37.5. The van der Waals surface area contributed by atoms with Crippen LogP contribution in [-0.4, -0.2) is 103 Å². The fraction of sp³-hybridized carbons (Fsp3) is 0.455. The van der Waals surface area contributed by atoms with Crippen LogP contribution >= 0.6 is 0 Å². The number of rotatable bonds is 0. The van der Waals surface area contributed by atoms with Crippen LogP contribution in [0.4, 0.5) is 0 Å². The standard InChI is InChI=1S/C3H8N2.4C2H4O2.2Na.2H/c1-2-3(4)5;4*1-2(3)4;;;;/h2H,4-5H2,1H3;4*1H3,(H,3,4);;;;. The Kier molecular flexibility index (Phi) is 70.3. The normalized spacial score (nSPS) is 5.78. The van der Waals surface area contributed by atoms with Crippen LogP contribution in [-0.2, 0) is 19.2 Å². The summed E-state index contributed by atoms with van der Waals surface area (Å²) in [6, 6.07) is 0. The summed E-state index contributed by atoms with van der Waals surface area (Å²) in [5, 5.41) is 29.7. The van der Waals surface area contributed by atoms with Crippen molar-refractivity contribution in [2.45, 2.75) is 34.6 Å². The van der Waals surface area contributed by atoms with E-state index in [1.807, 2.05) is 0 Å². The first-order valence-corrected chi connectivity index (χ1v) is 5.15. The molecule has 0 saturated carbocycles. The Morgan fingerprint density at radius 3 is 0.696 bits per heavy atom. The van der Waals surface area contributed by atoms with Crippen LogP contribution in [0.3, 0.4) is 0 Å². The van der Waals surface area contributed by atoms with Gasteiger partial charge in [0.1, 0.15) is 0 Å². The van der Waals surface area contributed by atoms with Gasteiger partial charge in [-0.25, -0.2) is 0 Å². The molecule has 0 radical (unpaired) electrons. The Balaban J connectivity index is -0.0000000273. The van der Waals surface area contributed by atoms with Gasteiger partial charge >= 0.3 is 59.1 Å². The SMILES string of the molecule is CC(=O)O.CC(=O)O.CC(=O)O.CC(=O)O.CC=C(N)N.[NaH].[NaH]. The molecule has 0 saturated heterocycles. The zero-order valence-corrected chi connectivity index (χ0v) is 12.7. The number of allylic oxidation sites excluding steroid dienone is 1. The summed E-state index contributed by atoms with van der Waals surface area (Å²) < 4.78 is 0. The van der Waals surface area contributed by atoms with E-state index in [1.165, 1.54) is 0 Å². The Hall–Kier alpha value is -0.780. The van der Waals surface area contributed by atoms with Gasteiger partial charge in [0.05, 0.1) is 5.82 Å². The molecule has 0 heterocycles. The third kappa shape index (κ3) is 5270. The molecular formula is C11H26N2Na2O8. The van der Waals surface area contributed by atoms with E-state index in [2.05, 4.69) is 0 Å². The first-order valence-electron chi connectivity index (χ1n) is 5.15. The molecule has 0 aromatic heterocycles. The van der Waals surface area contributed by atoms with Crippen molar-refractivity contribution in [1.29, 1.82) is 0 Å². The van der Waals surface area contributed by atoms with Crippen LogP contribution in [0, 0.1) is 0 Å². The van der Waals surface area contributed by atoms with Crippen LogP contribution in [0.25, 0.3) is 0 Å². The summed E-state index contributed by atoms with van der Waals surface area (Å²) in [6.07, 6.45) is 1.64. The molecule has 0 aromatic carbocycles. The molecule has 0 rings (SSSR count). The van der Waals surface area contributed by atoms with Gasteiger partial charge in [0.15, 0.2) is 0 Å². The summed E-state index contributed by atoms with van der Waals surface area (Å²) in [5.74, 6) is -2.95. The van der Waals surface area contributed by atoms with E-state index in [-0.39, 0.29) is 59.1 Å². The van der Waals surface area contributed by atoms with Gasteiger partial charge in [-0.3, -0.25) is 19.2 Å². The predicted octanol–water partition coefficient (Wildman–Crippen LogP) is -1.17. The monoisotopic (exact) mass is 360 g/mol. The minimum absolute atomic E-state index is 0. The molecule has 0 bridgehead atoms. The summed E-state index contributed by atoms with van der Waals surface area (Å²) in [6.45, 7) is 6.12. The van der Waals surface area contributed by atoms with E-state index < -0.39 is 23.9 Å². The van der Waals surface area contributed by atoms with Gasteiger partial charge in [-0.15, -0.1) is 0 Å². The van der Waals surface area contributed by atoms with Gasteiger partial charge in [-0.05, 0) is 13.0 Å². The second-order valence-electron chi connectivity index (χ2n) is 2.86. The predicted molar refractivity (Wildman–Crippen MR) is 89.7 cm³/mol. The van der Waals surface area contributed by atoms with E-state index in [4.69, 9.17) is 51.1 Å². The van der Waals surface area contributed by atoms with Crippen molar-refractivity contribution < 1.29 is 39.6 Å². The fourth-order valence-corrected chi connectivity index (χ4v) is 0. The van der Waals surface area contributed by atoms with Gasteiger partial charge in [-0.2, -0.15) is 0 Å². The van der Waals surface area contributed by atoms with Crippen molar-refractivity contribution in [3.05, 3.63) is 11.9 Å². The van der Waals surface area contributed by atoms with Gasteiger partial charge in [0.25, 0.3) is 23.9 Å². The molecule has 0 aliphatic heterocycles. The molecule has 0 unspecified atom stereocenters. The number of hydrogen-bond acceptors (Lipinski definition) is 6. The summed E-state index contributed by atoms with van der Waals surface area (Å²) >= 11 is 0. The first kappa shape index (κ1) is 43.2. The molecule has 0 aliphatic carbocycles. The van der Waals surface area contributed by atoms with Gasteiger partial charge in [0, 0.05) is 27.7 Å². The Morgan fingerprint density at radius 1 is 0.652 bits per heavy atom. The Morgan fingerprint density at radius 2 is 0.696 bits per heavy atom. The van der Waals surface area contributed by atoms with Crippen molar-refractivity contribution in [2.75, 3.05) is 0 Å². The van der Waals surface area contributed by atoms with Crippen LogP contribution in [0.5, 0.6) is 0 Å². The number of carbonyl (C=O) groups is 4. The number of nitrogens with two attached hydrogens (primary N) is 2. The van der Waals surface area contributed by atoms with Crippen LogP contribution in [0.1, 0.15) is 34.6 Å². The Labute approximate surface area is 179 Å². The van der Waals surface area contributed by atoms with Crippen molar-refractivity contribution in [3.8, 4) is 0 Å². The minimum atomic E-state index is -0.833. The van der Waals surface area contributed by atoms with Crippen LogP contribution in [0.2, 0.25) is 0 Å². The van der Waals surface area contributed by atoms with Crippen molar-refractivity contribution in [1.82, 2.24) is 0 Å². The summed E-state index contributed by atoms with van der Waals surface area (Å²) in [5.41, 5.74) is 9.86. The second-order valence-corrected chi connectivity index (χ2v) is 2.86. The van der Waals surface area contributed by atoms with Gasteiger partial charge < -0.3 is 31.9 Å². The third-order valence-corrected chi connectivity index (χ3v) is 0.333. The average molecular weight is 360 g/mol. The maximum atomic E-state index is 9.00. The number of hydrogen-bond donors (Lipinski definition) is 6. The van der Waals surface area contributed by atoms with E-state index >= 15 is 0 Å². The molecule has 12 heteroatoms.